The number of carbonyl (C=O) groups is 1. The smallest absolute Gasteiger partial charge is 0.245 e. The van der Waals surface area contributed by atoms with Crippen LogP contribution in [0, 0.1) is 0 Å². The van der Waals surface area contributed by atoms with Crippen LogP contribution in [0.1, 0.15) is 13.3 Å². The average Bonchev–Trinajstić information content (AvgIpc) is 2.30. The Labute approximate surface area is 104 Å². The van der Waals surface area contributed by atoms with Crippen molar-refractivity contribution >= 4 is 5.91 Å². The fourth-order valence-corrected chi connectivity index (χ4v) is 2.05. The number of nitrogens with zero attached hydrogens (tertiary/aromatic N) is 2. The van der Waals surface area contributed by atoms with E-state index in [0.717, 1.165) is 39.1 Å². The third-order valence-corrected chi connectivity index (χ3v) is 3.32. The van der Waals surface area contributed by atoms with Crippen LogP contribution in [0.3, 0.4) is 0 Å². The summed E-state index contributed by atoms with van der Waals surface area (Å²) in [6, 6.07) is 0.534. The van der Waals surface area contributed by atoms with Gasteiger partial charge in [-0.1, -0.05) is 0 Å². The second kappa shape index (κ2) is 7.63. The Morgan fingerprint density at radius 2 is 2.00 bits per heavy atom. The van der Waals surface area contributed by atoms with Gasteiger partial charge in [0.1, 0.15) is 6.61 Å². The molecule has 17 heavy (non-hydrogen) atoms. The van der Waals surface area contributed by atoms with Crippen molar-refractivity contribution in [2.24, 2.45) is 0 Å². The molecule has 5 nitrogen and oxygen atoms in total. The van der Waals surface area contributed by atoms with Crippen molar-refractivity contribution in [2.75, 3.05) is 53.5 Å². The topological polar surface area (TPSA) is 44.8 Å². The summed E-state index contributed by atoms with van der Waals surface area (Å²) in [6.45, 7) is 7.65. The number of hydrogen-bond acceptors (Lipinski definition) is 4. The monoisotopic (exact) mass is 243 g/mol. The molecule has 0 aromatic rings. The Kier molecular flexibility index (Phi) is 6.47. The molecule has 1 aliphatic heterocycles. The SMILES string of the molecule is COCC(=O)NCC[C@H](C)N1CCN(C)CC1. The van der Waals surface area contributed by atoms with E-state index in [1.165, 1.54) is 7.11 Å². The maximum Gasteiger partial charge on any atom is 0.245 e. The molecule has 1 N–H and O–H groups in total. The van der Waals surface area contributed by atoms with Crippen LogP contribution in [-0.4, -0.2) is 75.2 Å². The summed E-state index contributed by atoms with van der Waals surface area (Å²) in [5.74, 6) is -0.0296. The highest BCUT2D eigenvalue weighted by molar-refractivity contribution is 5.77. The number of piperazine rings is 1. The molecule has 1 saturated heterocycles. The summed E-state index contributed by atoms with van der Waals surface area (Å²) in [5, 5.41) is 2.86. The number of ether oxygens (including phenoxy) is 1. The Hall–Kier alpha value is -0.650. The first kappa shape index (κ1) is 14.4. The van der Waals surface area contributed by atoms with E-state index < -0.39 is 0 Å². The standard InChI is InChI=1S/C12H25N3O2/c1-11(4-5-13-12(16)10-17-3)15-8-6-14(2)7-9-15/h11H,4-10H2,1-3H3,(H,13,16)/t11-/m0/s1. The lowest BCUT2D eigenvalue weighted by molar-refractivity contribution is -0.124. The van der Waals surface area contributed by atoms with Gasteiger partial charge in [-0.25, -0.2) is 0 Å². The molecule has 0 radical (unpaired) electrons. The predicted molar refractivity (Wildman–Crippen MR) is 68.0 cm³/mol. The van der Waals surface area contributed by atoms with Crippen molar-refractivity contribution < 1.29 is 9.53 Å². The molecule has 0 aromatic heterocycles. The predicted octanol–water partition coefficient (Wildman–Crippen LogP) is -0.225. The lowest BCUT2D eigenvalue weighted by atomic mass is 10.1. The van der Waals surface area contributed by atoms with E-state index in [-0.39, 0.29) is 12.5 Å². The first-order valence-electron chi connectivity index (χ1n) is 6.31. The number of hydrogen-bond donors (Lipinski definition) is 1. The highest BCUT2D eigenvalue weighted by Crippen LogP contribution is 2.07. The van der Waals surface area contributed by atoms with Gasteiger partial charge in [-0.15, -0.1) is 0 Å². The minimum Gasteiger partial charge on any atom is -0.375 e. The zero-order valence-electron chi connectivity index (χ0n) is 11.2. The number of carbonyl (C=O) groups excluding carboxylic acids is 1. The average molecular weight is 243 g/mol. The van der Waals surface area contributed by atoms with E-state index in [9.17, 15) is 4.79 Å². The second-order valence-electron chi connectivity index (χ2n) is 4.76. The molecular weight excluding hydrogens is 218 g/mol. The zero-order chi connectivity index (χ0) is 12.7. The van der Waals surface area contributed by atoms with Crippen LogP contribution in [0.25, 0.3) is 0 Å². The summed E-state index contributed by atoms with van der Waals surface area (Å²) < 4.78 is 4.76. The minimum absolute atomic E-state index is 0.0296. The van der Waals surface area contributed by atoms with Crippen molar-refractivity contribution in [3.8, 4) is 0 Å². The molecule has 1 rings (SSSR count). The van der Waals surface area contributed by atoms with Gasteiger partial charge in [-0.05, 0) is 20.4 Å². The van der Waals surface area contributed by atoms with Gasteiger partial charge in [-0.2, -0.15) is 0 Å². The quantitative estimate of drug-likeness (QED) is 0.700. The first-order valence-corrected chi connectivity index (χ1v) is 6.31. The molecule has 5 heteroatoms. The van der Waals surface area contributed by atoms with Gasteiger partial charge in [0.2, 0.25) is 5.91 Å². The van der Waals surface area contributed by atoms with Crippen LogP contribution in [0.4, 0.5) is 0 Å². The number of likely N-dealkylation sites (N-methyl/N-ethyl adjacent to an activating group) is 1. The molecule has 1 heterocycles. The van der Waals surface area contributed by atoms with E-state index in [1.54, 1.807) is 0 Å². The summed E-state index contributed by atoms with van der Waals surface area (Å²) in [4.78, 5) is 16.0. The molecular formula is C12H25N3O2. The molecule has 0 spiro atoms. The lowest BCUT2D eigenvalue weighted by Gasteiger charge is -2.36. The van der Waals surface area contributed by atoms with Crippen molar-refractivity contribution in [1.82, 2.24) is 15.1 Å². The molecule has 100 valence electrons. The van der Waals surface area contributed by atoms with E-state index in [0.29, 0.717) is 6.04 Å². The van der Waals surface area contributed by atoms with Gasteiger partial charge in [0, 0.05) is 45.9 Å². The van der Waals surface area contributed by atoms with Gasteiger partial charge in [0.15, 0.2) is 0 Å². The van der Waals surface area contributed by atoms with Crippen LogP contribution in [0.2, 0.25) is 0 Å². The Morgan fingerprint density at radius 3 is 2.59 bits per heavy atom. The van der Waals surface area contributed by atoms with E-state index in [2.05, 4.69) is 29.1 Å². The van der Waals surface area contributed by atoms with E-state index in [1.807, 2.05) is 0 Å². The minimum atomic E-state index is -0.0296. The number of nitrogens with one attached hydrogen (secondary N) is 1. The van der Waals surface area contributed by atoms with Gasteiger partial charge in [0.05, 0.1) is 0 Å². The van der Waals surface area contributed by atoms with Crippen LogP contribution < -0.4 is 5.32 Å². The summed E-state index contributed by atoms with van der Waals surface area (Å²) in [7, 11) is 3.69. The molecule has 1 amide bonds. The molecule has 1 fully saturated rings. The van der Waals surface area contributed by atoms with Gasteiger partial charge < -0.3 is 15.0 Å². The van der Waals surface area contributed by atoms with Crippen LogP contribution in [0.15, 0.2) is 0 Å². The summed E-state index contributed by atoms with van der Waals surface area (Å²) in [6.07, 6.45) is 0.999. The first-order chi connectivity index (χ1) is 8.13. The maximum absolute atomic E-state index is 11.2. The van der Waals surface area contributed by atoms with Crippen molar-refractivity contribution in [3.63, 3.8) is 0 Å². The summed E-state index contributed by atoms with van der Waals surface area (Å²) >= 11 is 0. The van der Waals surface area contributed by atoms with E-state index >= 15 is 0 Å². The van der Waals surface area contributed by atoms with Crippen molar-refractivity contribution in [3.05, 3.63) is 0 Å². The highest BCUT2D eigenvalue weighted by Gasteiger charge is 2.18. The maximum atomic E-state index is 11.2. The van der Waals surface area contributed by atoms with Crippen LogP contribution in [0.5, 0.6) is 0 Å². The number of methoxy groups -OCH3 is 1. The lowest BCUT2D eigenvalue weighted by Crippen LogP contribution is -2.48. The molecule has 1 atom stereocenters. The van der Waals surface area contributed by atoms with Gasteiger partial charge >= 0.3 is 0 Å². The Bertz CT molecular complexity index is 228. The summed E-state index contributed by atoms with van der Waals surface area (Å²) in [5.41, 5.74) is 0. The number of rotatable bonds is 6. The molecule has 0 bridgehead atoms. The molecule has 0 aromatic carbocycles. The Morgan fingerprint density at radius 1 is 1.35 bits per heavy atom. The van der Waals surface area contributed by atoms with Crippen LogP contribution in [-0.2, 0) is 9.53 Å². The fraction of sp³-hybridized carbons (Fsp3) is 0.917. The number of amides is 1. The van der Waals surface area contributed by atoms with E-state index in [4.69, 9.17) is 4.74 Å². The normalized spacial score (nSPS) is 20.2. The molecule has 1 aliphatic rings. The van der Waals surface area contributed by atoms with Crippen molar-refractivity contribution in [2.45, 2.75) is 19.4 Å². The molecule has 0 unspecified atom stereocenters. The largest absolute Gasteiger partial charge is 0.375 e. The highest BCUT2D eigenvalue weighted by atomic mass is 16.5. The Balaban J connectivity index is 2.12. The molecule has 0 saturated carbocycles. The van der Waals surface area contributed by atoms with Crippen molar-refractivity contribution in [1.29, 1.82) is 0 Å². The fourth-order valence-electron chi connectivity index (χ4n) is 2.05. The van der Waals surface area contributed by atoms with Gasteiger partial charge in [-0.3, -0.25) is 9.69 Å². The van der Waals surface area contributed by atoms with Crippen LogP contribution >= 0.6 is 0 Å². The third-order valence-electron chi connectivity index (χ3n) is 3.32. The second-order valence-corrected chi connectivity index (χ2v) is 4.76. The third kappa shape index (κ3) is 5.48. The van der Waals surface area contributed by atoms with Gasteiger partial charge in [0.25, 0.3) is 0 Å². The molecule has 0 aliphatic carbocycles. The zero-order valence-corrected chi connectivity index (χ0v) is 11.2.